The minimum atomic E-state index is -4.41. The Morgan fingerprint density at radius 2 is 1.68 bits per heavy atom. The van der Waals surface area contributed by atoms with Crippen molar-refractivity contribution in [2.45, 2.75) is 12.2 Å². The fourth-order valence-corrected chi connectivity index (χ4v) is 2.42. The molecule has 0 aliphatic rings. The number of nitrogens with one attached hydrogen (secondary N) is 1. The van der Waals surface area contributed by atoms with Crippen LogP contribution in [0.5, 0.6) is 0 Å². The van der Waals surface area contributed by atoms with Gasteiger partial charge >= 0.3 is 6.18 Å². The maximum atomic E-state index is 13.2. The molecular formula is C16H16ClF3N2. The maximum Gasteiger partial charge on any atom is 0.416 e. The van der Waals surface area contributed by atoms with Crippen LogP contribution < -0.4 is 11.1 Å². The summed E-state index contributed by atoms with van der Waals surface area (Å²) in [4.78, 5) is 0. The first-order valence-electron chi connectivity index (χ1n) is 6.78. The molecule has 0 aromatic heterocycles. The normalized spacial score (nSPS) is 13.1. The molecule has 0 aliphatic heterocycles. The third-order valence-corrected chi connectivity index (χ3v) is 3.53. The Kier molecular flexibility index (Phi) is 5.45. The van der Waals surface area contributed by atoms with Gasteiger partial charge in [-0.1, -0.05) is 41.9 Å². The highest BCUT2D eigenvalue weighted by atomic mass is 35.5. The number of halogens is 4. The fraction of sp³-hybridized carbons (Fsp3) is 0.250. The van der Waals surface area contributed by atoms with Gasteiger partial charge in [0.2, 0.25) is 0 Å². The maximum absolute atomic E-state index is 13.2. The molecule has 118 valence electrons. The SMILES string of the molecule is NCCN[C@H](c1ccc(Cl)cc1)c1ccccc1C(F)(F)F. The van der Waals surface area contributed by atoms with E-state index in [9.17, 15) is 13.2 Å². The first-order chi connectivity index (χ1) is 10.4. The van der Waals surface area contributed by atoms with E-state index in [0.717, 1.165) is 6.07 Å². The fourth-order valence-electron chi connectivity index (χ4n) is 2.30. The van der Waals surface area contributed by atoms with Crippen LogP contribution in [-0.4, -0.2) is 13.1 Å². The summed E-state index contributed by atoms with van der Waals surface area (Å²) in [5, 5.41) is 3.60. The van der Waals surface area contributed by atoms with E-state index in [2.05, 4.69) is 5.32 Å². The summed E-state index contributed by atoms with van der Waals surface area (Å²) in [5.74, 6) is 0. The van der Waals surface area contributed by atoms with Gasteiger partial charge < -0.3 is 11.1 Å². The van der Waals surface area contributed by atoms with Crippen molar-refractivity contribution < 1.29 is 13.2 Å². The summed E-state index contributed by atoms with van der Waals surface area (Å²) >= 11 is 5.85. The lowest BCUT2D eigenvalue weighted by atomic mass is 9.94. The van der Waals surface area contributed by atoms with Gasteiger partial charge in [-0.3, -0.25) is 0 Å². The molecule has 2 aromatic carbocycles. The molecule has 0 heterocycles. The third kappa shape index (κ3) is 4.00. The van der Waals surface area contributed by atoms with Crippen molar-refractivity contribution in [1.29, 1.82) is 0 Å². The van der Waals surface area contributed by atoms with Gasteiger partial charge in [-0.05, 0) is 29.3 Å². The molecule has 6 heteroatoms. The molecule has 2 nitrogen and oxygen atoms in total. The van der Waals surface area contributed by atoms with Crippen LogP contribution in [0.2, 0.25) is 5.02 Å². The van der Waals surface area contributed by atoms with Crippen LogP contribution >= 0.6 is 11.6 Å². The highest BCUT2D eigenvalue weighted by Crippen LogP contribution is 2.36. The van der Waals surface area contributed by atoms with Crippen molar-refractivity contribution in [3.8, 4) is 0 Å². The van der Waals surface area contributed by atoms with Crippen molar-refractivity contribution in [1.82, 2.24) is 5.32 Å². The van der Waals surface area contributed by atoms with Crippen LogP contribution in [0.15, 0.2) is 48.5 Å². The molecule has 3 N–H and O–H groups in total. The second-order valence-electron chi connectivity index (χ2n) is 4.81. The Hall–Kier alpha value is -1.56. The average molecular weight is 329 g/mol. The summed E-state index contributed by atoms with van der Waals surface area (Å²) in [6, 6.07) is 11.7. The summed E-state index contributed by atoms with van der Waals surface area (Å²) in [6.45, 7) is 0.734. The zero-order valence-electron chi connectivity index (χ0n) is 11.7. The Bertz CT molecular complexity index is 612. The van der Waals surface area contributed by atoms with Crippen molar-refractivity contribution in [2.75, 3.05) is 13.1 Å². The van der Waals surface area contributed by atoms with E-state index < -0.39 is 17.8 Å². The van der Waals surface area contributed by atoms with Gasteiger partial charge in [0.1, 0.15) is 0 Å². The van der Waals surface area contributed by atoms with Gasteiger partial charge in [0.15, 0.2) is 0 Å². The molecule has 0 bridgehead atoms. The number of rotatable bonds is 5. The molecule has 0 spiro atoms. The summed E-state index contributed by atoms with van der Waals surface area (Å²) < 4.78 is 39.7. The number of nitrogens with two attached hydrogens (primary N) is 1. The minimum Gasteiger partial charge on any atom is -0.329 e. The number of hydrogen-bond acceptors (Lipinski definition) is 2. The lowest BCUT2D eigenvalue weighted by Gasteiger charge is -2.23. The van der Waals surface area contributed by atoms with Crippen LogP contribution in [0.3, 0.4) is 0 Å². The first-order valence-corrected chi connectivity index (χ1v) is 7.16. The van der Waals surface area contributed by atoms with Crippen molar-refractivity contribution in [3.05, 3.63) is 70.2 Å². The van der Waals surface area contributed by atoms with Crippen LogP contribution in [-0.2, 0) is 6.18 Å². The van der Waals surface area contributed by atoms with Gasteiger partial charge in [-0.15, -0.1) is 0 Å². The highest BCUT2D eigenvalue weighted by Gasteiger charge is 2.35. The van der Waals surface area contributed by atoms with Crippen molar-refractivity contribution in [2.24, 2.45) is 5.73 Å². The van der Waals surface area contributed by atoms with Gasteiger partial charge in [-0.2, -0.15) is 13.2 Å². The highest BCUT2D eigenvalue weighted by molar-refractivity contribution is 6.30. The van der Waals surface area contributed by atoms with E-state index in [0.29, 0.717) is 23.7 Å². The summed E-state index contributed by atoms with van der Waals surface area (Å²) in [7, 11) is 0. The van der Waals surface area contributed by atoms with Crippen LogP contribution in [0.1, 0.15) is 22.7 Å². The van der Waals surface area contributed by atoms with E-state index in [1.54, 1.807) is 30.3 Å². The average Bonchev–Trinajstić information content (AvgIpc) is 2.49. The first kappa shape index (κ1) is 16.8. The quantitative estimate of drug-likeness (QED) is 0.870. The third-order valence-electron chi connectivity index (χ3n) is 3.27. The molecule has 22 heavy (non-hydrogen) atoms. The van der Waals surface area contributed by atoms with Crippen LogP contribution in [0, 0.1) is 0 Å². The minimum absolute atomic E-state index is 0.172. The lowest BCUT2D eigenvalue weighted by Crippen LogP contribution is -2.29. The van der Waals surface area contributed by atoms with Crippen molar-refractivity contribution >= 4 is 11.6 Å². The van der Waals surface area contributed by atoms with E-state index in [1.807, 2.05) is 0 Å². The Balaban J connectivity index is 2.48. The van der Waals surface area contributed by atoms with Gasteiger partial charge in [0.05, 0.1) is 11.6 Å². The second kappa shape index (κ2) is 7.13. The number of hydrogen-bond donors (Lipinski definition) is 2. The van der Waals surface area contributed by atoms with Gasteiger partial charge in [0, 0.05) is 18.1 Å². The zero-order valence-corrected chi connectivity index (χ0v) is 12.5. The molecule has 0 saturated heterocycles. The van der Waals surface area contributed by atoms with E-state index in [1.165, 1.54) is 12.1 Å². The molecule has 0 radical (unpaired) electrons. The standard InChI is InChI=1S/C16H16ClF3N2/c17-12-7-5-11(6-8-12)15(22-10-9-21)13-3-1-2-4-14(13)16(18,19)20/h1-8,15,22H,9-10,21H2/t15-/m1/s1. The Labute approximate surface area is 132 Å². The molecule has 2 aromatic rings. The van der Waals surface area contributed by atoms with Crippen LogP contribution in [0.25, 0.3) is 0 Å². The molecule has 0 aliphatic carbocycles. The number of alkyl halides is 3. The molecule has 0 fully saturated rings. The summed E-state index contributed by atoms with van der Waals surface area (Å²) in [6.07, 6.45) is -4.41. The smallest absolute Gasteiger partial charge is 0.329 e. The van der Waals surface area contributed by atoms with Crippen LogP contribution in [0.4, 0.5) is 13.2 Å². The van der Waals surface area contributed by atoms with E-state index in [4.69, 9.17) is 17.3 Å². The zero-order chi connectivity index (χ0) is 16.2. The predicted octanol–water partition coefficient (Wildman–Crippen LogP) is 4.00. The van der Waals surface area contributed by atoms with Gasteiger partial charge in [-0.25, -0.2) is 0 Å². The summed E-state index contributed by atoms with van der Waals surface area (Å²) in [5.41, 5.74) is 5.70. The Morgan fingerprint density at radius 3 is 2.27 bits per heavy atom. The monoisotopic (exact) mass is 328 g/mol. The van der Waals surface area contributed by atoms with Gasteiger partial charge in [0.25, 0.3) is 0 Å². The number of benzene rings is 2. The second-order valence-corrected chi connectivity index (χ2v) is 5.25. The van der Waals surface area contributed by atoms with E-state index in [-0.39, 0.29) is 5.56 Å². The Morgan fingerprint density at radius 1 is 1.05 bits per heavy atom. The molecule has 1 atom stereocenters. The lowest BCUT2D eigenvalue weighted by molar-refractivity contribution is -0.138. The molecule has 0 saturated carbocycles. The van der Waals surface area contributed by atoms with E-state index >= 15 is 0 Å². The molecule has 0 unspecified atom stereocenters. The molecule has 0 amide bonds. The van der Waals surface area contributed by atoms with Crippen molar-refractivity contribution in [3.63, 3.8) is 0 Å². The molecular weight excluding hydrogens is 313 g/mol. The topological polar surface area (TPSA) is 38.0 Å². The molecule has 2 rings (SSSR count). The largest absolute Gasteiger partial charge is 0.416 e. The predicted molar refractivity (Wildman–Crippen MR) is 81.8 cm³/mol.